The number of hydrogen-bond acceptors (Lipinski definition) is 2. The zero-order chi connectivity index (χ0) is 14.4. The van der Waals surface area contributed by atoms with Crippen molar-refractivity contribution in [2.75, 3.05) is 5.32 Å². The van der Waals surface area contributed by atoms with Crippen LogP contribution in [0.5, 0.6) is 0 Å². The Morgan fingerprint density at radius 2 is 1.75 bits per heavy atom. The van der Waals surface area contributed by atoms with E-state index in [4.69, 9.17) is 12.2 Å². The summed E-state index contributed by atoms with van der Waals surface area (Å²) in [6.45, 7) is 0. The number of amides is 1. The summed E-state index contributed by atoms with van der Waals surface area (Å²) < 4.78 is 0.943. The SMILES string of the molecule is O=C(NNC(=S)Nc1cccc(Br)c1)c1ccccc1. The van der Waals surface area contributed by atoms with Gasteiger partial charge in [0.05, 0.1) is 0 Å². The highest BCUT2D eigenvalue weighted by Gasteiger charge is 2.04. The number of rotatable bonds is 2. The smallest absolute Gasteiger partial charge is 0.269 e. The highest BCUT2D eigenvalue weighted by Crippen LogP contribution is 2.15. The number of nitrogens with one attached hydrogen (secondary N) is 3. The molecule has 0 bridgehead atoms. The van der Waals surface area contributed by atoms with Gasteiger partial charge >= 0.3 is 0 Å². The van der Waals surface area contributed by atoms with Crippen LogP contribution in [0.15, 0.2) is 59.1 Å². The molecule has 2 aromatic rings. The van der Waals surface area contributed by atoms with Crippen molar-refractivity contribution in [3.05, 3.63) is 64.6 Å². The van der Waals surface area contributed by atoms with E-state index >= 15 is 0 Å². The third-order valence-corrected chi connectivity index (χ3v) is 3.11. The summed E-state index contributed by atoms with van der Waals surface area (Å²) in [6, 6.07) is 16.5. The number of carbonyl (C=O) groups is 1. The number of hydrazine groups is 1. The van der Waals surface area contributed by atoms with Crippen molar-refractivity contribution >= 4 is 44.9 Å². The summed E-state index contributed by atoms with van der Waals surface area (Å²) in [6.07, 6.45) is 0. The molecule has 0 aliphatic heterocycles. The molecule has 0 heterocycles. The summed E-state index contributed by atoms with van der Waals surface area (Å²) in [7, 11) is 0. The van der Waals surface area contributed by atoms with E-state index in [9.17, 15) is 4.79 Å². The lowest BCUT2D eigenvalue weighted by atomic mass is 10.2. The number of anilines is 1. The van der Waals surface area contributed by atoms with E-state index in [1.165, 1.54) is 0 Å². The highest BCUT2D eigenvalue weighted by molar-refractivity contribution is 9.10. The fraction of sp³-hybridized carbons (Fsp3) is 0. The molecule has 0 fully saturated rings. The number of halogens is 1. The van der Waals surface area contributed by atoms with Crippen LogP contribution in [0, 0.1) is 0 Å². The Kier molecular flexibility index (Phi) is 5.09. The first-order valence-corrected chi connectivity index (χ1v) is 7.03. The monoisotopic (exact) mass is 349 g/mol. The molecule has 6 heteroatoms. The Hall–Kier alpha value is -1.92. The molecule has 0 aromatic heterocycles. The molecule has 2 aromatic carbocycles. The topological polar surface area (TPSA) is 53.2 Å². The zero-order valence-electron chi connectivity index (χ0n) is 10.4. The van der Waals surface area contributed by atoms with E-state index in [0.717, 1.165) is 10.2 Å². The highest BCUT2D eigenvalue weighted by atomic mass is 79.9. The second-order valence-corrected chi connectivity index (χ2v) is 5.23. The van der Waals surface area contributed by atoms with Crippen LogP contribution in [0.1, 0.15) is 10.4 Å². The van der Waals surface area contributed by atoms with E-state index in [-0.39, 0.29) is 5.91 Å². The van der Waals surface area contributed by atoms with Crippen molar-refractivity contribution in [1.29, 1.82) is 0 Å². The van der Waals surface area contributed by atoms with Gasteiger partial charge in [-0.2, -0.15) is 0 Å². The predicted molar refractivity (Wildman–Crippen MR) is 87.4 cm³/mol. The lowest BCUT2D eigenvalue weighted by Gasteiger charge is -2.11. The average Bonchev–Trinajstić information content (AvgIpc) is 2.46. The van der Waals surface area contributed by atoms with Gasteiger partial charge in [-0.3, -0.25) is 15.6 Å². The van der Waals surface area contributed by atoms with Gasteiger partial charge in [0.15, 0.2) is 5.11 Å². The van der Waals surface area contributed by atoms with Crippen LogP contribution >= 0.6 is 28.1 Å². The van der Waals surface area contributed by atoms with Crippen LogP contribution < -0.4 is 16.2 Å². The van der Waals surface area contributed by atoms with E-state index < -0.39 is 0 Å². The third-order valence-electron chi connectivity index (χ3n) is 2.41. The second-order valence-electron chi connectivity index (χ2n) is 3.91. The fourth-order valence-corrected chi connectivity index (χ4v) is 2.07. The second kappa shape index (κ2) is 7.02. The van der Waals surface area contributed by atoms with Gasteiger partial charge in [-0.1, -0.05) is 40.2 Å². The normalized spacial score (nSPS) is 9.65. The lowest BCUT2D eigenvalue weighted by Crippen LogP contribution is -2.43. The first-order chi connectivity index (χ1) is 9.65. The summed E-state index contributed by atoms with van der Waals surface area (Å²) in [5, 5.41) is 3.28. The molecule has 0 saturated heterocycles. The van der Waals surface area contributed by atoms with Crippen LogP contribution in [0.2, 0.25) is 0 Å². The van der Waals surface area contributed by atoms with E-state index in [0.29, 0.717) is 10.7 Å². The summed E-state index contributed by atoms with van der Waals surface area (Å²) in [4.78, 5) is 11.8. The summed E-state index contributed by atoms with van der Waals surface area (Å²) in [5.41, 5.74) is 6.57. The minimum Gasteiger partial charge on any atom is -0.331 e. The number of carbonyl (C=O) groups excluding carboxylic acids is 1. The maximum absolute atomic E-state index is 11.8. The van der Waals surface area contributed by atoms with E-state index in [1.807, 2.05) is 30.3 Å². The molecule has 0 atom stereocenters. The summed E-state index contributed by atoms with van der Waals surface area (Å²) in [5.74, 6) is -0.246. The molecule has 20 heavy (non-hydrogen) atoms. The van der Waals surface area contributed by atoms with Gasteiger partial charge in [-0.25, -0.2) is 0 Å². The van der Waals surface area contributed by atoms with Gasteiger partial charge in [-0.05, 0) is 42.5 Å². The predicted octanol–water partition coefficient (Wildman–Crippen LogP) is 3.08. The van der Waals surface area contributed by atoms with Crippen molar-refractivity contribution in [3.8, 4) is 0 Å². The maximum atomic E-state index is 11.8. The van der Waals surface area contributed by atoms with Crippen LogP contribution in [-0.2, 0) is 0 Å². The molecule has 0 radical (unpaired) electrons. The quantitative estimate of drug-likeness (QED) is 0.576. The first kappa shape index (κ1) is 14.5. The van der Waals surface area contributed by atoms with Gasteiger partial charge in [0.2, 0.25) is 0 Å². The van der Waals surface area contributed by atoms with Crippen molar-refractivity contribution in [1.82, 2.24) is 10.9 Å². The van der Waals surface area contributed by atoms with Gasteiger partial charge < -0.3 is 5.32 Å². The van der Waals surface area contributed by atoms with Gasteiger partial charge in [0.25, 0.3) is 5.91 Å². The number of hydrogen-bond donors (Lipinski definition) is 3. The third kappa shape index (κ3) is 4.32. The minimum atomic E-state index is -0.246. The number of benzene rings is 2. The van der Waals surface area contributed by atoms with Crippen LogP contribution in [0.4, 0.5) is 5.69 Å². The molecule has 0 unspecified atom stereocenters. The van der Waals surface area contributed by atoms with Crippen molar-refractivity contribution in [3.63, 3.8) is 0 Å². The number of thiocarbonyl (C=S) groups is 1. The lowest BCUT2D eigenvalue weighted by molar-refractivity contribution is 0.0944. The molecular formula is C14H12BrN3OS. The molecule has 4 nitrogen and oxygen atoms in total. The molecule has 3 N–H and O–H groups in total. The zero-order valence-corrected chi connectivity index (χ0v) is 12.8. The molecular weight excluding hydrogens is 338 g/mol. The molecule has 0 aliphatic carbocycles. The Bertz CT molecular complexity index is 619. The Morgan fingerprint density at radius 1 is 1.00 bits per heavy atom. The van der Waals surface area contributed by atoms with Crippen LogP contribution in [-0.4, -0.2) is 11.0 Å². The maximum Gasteiger partial charge on any atom is 0.269 e. The molecule has 2 rings (SSSR count). The first-order valence-electron chi connectivity index (χ1n) is 5.83. The Morgan fingerprint density at radius 3 is 2.45 bits per heavy atom. The minimum absolute atomic E-state index is 0.246. The van der Waals surface area contributed by atoms with Crippen LogP contribution in [0.25, 0.3) is 0 Å². The average molecular weight is 350 g/mol. The van der Waals surface area contributed by atoms with E-state index in [2.05, 4.69) is 32.1 Å². The molecule has 102 valence electrons. The van der Waals surface area contributed by atoms with Crippen molar-refractivity contribution < 1.29 is 4.79 Å². The standard InChI is InChI=1S/C14H12BrN3OS/c15-11-7-4-8-12(9-11)16-14(20)18-17-13(19)10-5-2-1-3-6-10/h1-9H,(H,17,19)(H2,16,18,20). The summed E-state index contributed by atoms with van der Waals surface area (Å²) >= 11 is 8.47. The van der Waals surface area contributed by atoms with Crippen LogP contribution in [0.3, 0.4) is 0 Å². The van der Waals surface area contributed by atoms with Crippen molar-refractivity contribution in [2.24, 2.45) is 0 Å². The van der Waals surface area contributed by atoms with Gasteiger partial charge in [0.1, 0.15) is 0 Å². The molecule has 1 amide bonds. The molecule has 0 aliphatic rings. The Labute approximate surface area is 130 Å². The van der Waals surface area contributed by atoms with E-state index in [1.54, 1.807) is 24.3 Å². The fourth-order valence-electron chi connectivity index (χ4n) is 1.50. The van der Waals surface area contributed by atoms with Crippen molar-refractivity contribution in [2.45, 2.75) is 0 Å². The Balaban J connectivity index is 1.85. The van der Waals surface area contributed by atoms with Gasteiger partial charge in [-0.15, -0.1) is 0 Å². The molecule has 0 saturated carbocycles. The largest absolute Gasteiger partial charge is 0.331 e. The van der Waals surface area contributed by atoms with Gasteiger partial charge in [0, 0.05) is 15.7 Å². The molecule has 0 spiro atoms.